The molecule has 0 unspecified atom stereocenters. The minimum Gasteiger partial charge on any atom is -0.494 e. The molecule has 1 heterocycles. The van der Waals surface area contributed by atoms with Gasteiger partial charge >= 0.3 is 0 Å². The summed E-state index contributed by atoms with van der Waals surface area (Å²) in [5.74, 6) is 0.377. The Labute approximate surface area is 197 Å². The van der Waals surface area contributed by atoms with E-state index in [-0.39, 0.29) is 11.6 Å². The lowest BCUT2D eigenvalue weighted by molar-refractivity contribution is -0.384. The lowest BCUT2D eigenvalue weighted by Crippen LogP contribution is -2.52. The predicted molar refractivity (Wildman–Crippen MR) is 129 cm³/mol. The highest BCUT2D eigenvalue weighted by atomic mass is 35.5. The average molecular weight is 477 g/mol. The van der Waals surface area contributed by atoms with Crippen molar-refractivity contribution in [2.75, 3.05) is 37.7 Å². The summed E-state index contributed by atoms with van der Waals surface area (Å²) in [7, 11) is 0. The standard InChI is InChI=1S/C22H25ClN4O4S/c1-2-3-13-31-18-6-4-5-16(14-18)21(28)24-22(32)26-11-9-25(10-12-26)20-8-7-17(27(29)30)15-19(20)23/h4-8,14-15H,2-3,9-13H2,1H3,(H,24,28,32). The molecule has 0 saturated carbocycles. The van der Waals surface area contributed by atoms with Crippen LogP contribution in [0.1, 0.15) is 30.1 Å². The SMILES string of the molecule is CCCCOc1cccc(C(=O)NC(=S)N2CCN(c3ccc([N+](=O)[O-])cc3Cl)CC2)c1. The van der Waals surface area contributed by atoms with Gasteiger partial charge < -0.3 is 14.5 Å². The van der Waals surface area contributed by atoms with Crippen LogP contribution in [0.25, 0.3) is 0 Å². The van der Waals surface area contributed by atoms with Crippen molar-refractivity contribution in [3.8, 4) is 5.75 Å². The molecule has 3 rings (SSSR count). The molecule has 0 bridgehead atoms. The van der Waals surface area contributed by atoms with Gasteiger partial charge in [0, 0.05) is 43.9 Å². The van der Waals surface area contributed by atoms with Crippen molar-refractivity contribution in [1.82, 2.24) is 10.2 Å². The van der Waals surface area contributed by atoms with E-state index in [1.54, 1.807) is 24.3 Å². The van der Waals surface area contributed by atoms with E-state index >= 15 is 0 Å². The second-order valence-corrected chi connectivity index (χ2v) is 8.15. The van der Waals surface area contributed by atoms with Gasteiger partial charge in [0.05, 0.1) is 22.2 Å². The van der Waals surface area contributed by atoms with Gasteiger partial charge in [-0.15, -0.1) is 0 Å². The minimum atomic E-state index is -0.471. The largest absolute Gasteiger partial charge is 0.494 e. The molecule has 1 saturated heterocycles. The molecule has 2 aromatic carbocycles. The van der Waals surface area contributed by atoms with Crippen molar-refractivity contribution < 1.29 is 14.5 Å². The van der Waals surface area contributed by atoms with Crippen molar-refractivity contribution in [3.63, 3.8) is 0 Å². The first kappa shape index (κ1) is 23.7. The topological polar surface area (TPSA) is 88.0 Å². The molecule has 2 aromatic rings. The number of unbranched alkanes of at least 4 members (excludes halogenated alkanes) is 1. The smallest absolute Gasteiger partial charge is 0.271 e. The normalized spacial score (nSPS) is 13.6. The second-order valence-electron chi connectivity index (χ2n) is 7.36. The fourth-order valence-electron chi connectivity index (χ4n) is 3.33. The molecule has 0 aliphatic carbocycles. The molecule has 1 N–H and O–H groups in total. The van der Waals surface area contributed by atoms with E-state index in [0.717, 1.165) is 18.5 Å². The van der Waals surface area contributed by atoms with Gasteiger partial charge in [0.1, 0.15) is 5.75 Å². The number of amides is 1. The third-order valence-electron chi connectivity index (χ3n) is 5.13. The van der Waals surface area contributed by atoms with E-state index < -0.39 is 4.92 Å². The van der Waals surface area contributed by atoms with E-state index in [1.807, 2.05) is 15.9 Å². The van der Waals surface area contributed by atoms with Crippen molar-refractivity contribution in [2.24, 2.45) is 0 Å². The highest BCUT2D eigenvalue weighted by Crippen LogP contribution is 2.30. The minimum absolute atomic E-state index is 0.0406. The Balaban J connectivity index is 1.54. The number of carbonyl (C=O) groups is 1. The number of thiocarbonyl (C=S) groups is 1. The Morgan fingerprint density at radius 3 is 2.62 bits per heavy atom. The number of nitro benzene ring substituents is 1. The van der Waals surface area contributed by atoms with Gasteiger partial charge in [-0.1, -0.05) is 31.0 Å². The fourth-order valence-corrected chi connectivity index (χ4v) is 3.90. The number of carbonyl (C=O) groups excluding carboxylic acids is 1. The summed E-state index contributed by atoms with van der Waals surface area (Å²) < 4.78 is 5.67. The number of nitrogens with one attached hydrogen (secondary N) is 1. The van der Waals surface area contributed by atoms with Gasteiger partial charge in [-0.2, -0.15) is 0 Å². The van der Waals surface area contributed by atoms with Crippen LogP contribution < -0.4 is 15.0 Å². The zero-order chi connectivity index (χ0) is 23.1. The van der Waals surface area contributed by atoms with E-state index in [1.165, 1.54) is 12.1 Å². The van der Waals surface area contributed by atoms with Crippen LogP contribution in [-0.4, -0.2) is 53.6 Å². The average Bonchev–Trinajstić information content (AvgIpc) is 2.79. The predicted octanol–water partition coefficient (Wildman–Crippen LogP) is 4.26. The van der Waals surface area contributed by atoms with Gasteiger partial charge in [0.15, 0.2) is 5.11 Å². The monoisotopic (exact) mass is 476 g/mol. The number of non-ortho nitro benzene ring substituents is 1. The Morgan fingerprint density at radius 2 is 1.97 bits per heavy atom. The molecule has 170 valence electrons. The number of benzene rings is 2. The first-order chi connectivity index (χ1) is 15.4. The van der Waals surface area contributed by atoms with Crippen LogP contribution in [0.5, 0.6) is 5.75 Å². The fraction of sp³-hybridized carbons (Fsp3) is 0.364. The zero-order valence-corrected chi connectivity index (χ0v) is 19.3. The van der Waals surface area contributed by atoms with Crippen LogP contribution >= 0.6 is 23.8 Å². The summed E-state index contributed by atoms with van der Waals surface area (Å²) in [5, 5.41) is 14.4. The van der Waals surface area contributed by atoms with Crippen LogP contribution in [-0.2, 0) is 0 Å². The molecule has 0 atom stereocenters. The molecule has 1 amide bonds. The van der Waals surface area contributed by atoms with Crippen LogP contribution in [0, 0.1) is 10.1 Å². The summed E-state index contributed by atoms with van der Waals surface area (Å²) in [6.07, 6.45) is 2.00. The Hall–Kier alpha value is -2.91. The highest BCUT2D eigenvalue weighted by Gasteiger charge is 2.23. The van der Waals surface area contributed by atoms with E-state index in [0.29, 0.717) is 54.2 Å². The van der Waals surface area contributed by atoms with Crippen molar-refractivity contribution >= 4 is 46.2 Å². The molecule has 0 radical (unpaired) electrons. The summed E-state index contributed by atoms with van der Waals surface area (Å²) in [4.78, 5) is 27.0. The van der Waals surface area contributed by atoms with Crippen LogP contribution in [0.15, 0.2) is 42.5 Å². The molecule has 0 spiro atoms. The van der Waals surface area contributed by atoms with Gasteiger partial charge in [-0.05, 0) is 42.9 Å². The van der Waals surface area contributed by atoms with Gasteiger partial charge in [0.2, 0.25) is 0 Å². The molecule has 8 nitrogen and oxygen atoms in total. The third kappa shape index (κ3) is 6.08. The first-order valence-corrected chi connectivity index (χ1v) is 11.2. The number of halogens is 1. The molecule has 1 aliphatic rings. The van der Waals surface area contributed by atoms with Crippen LogP contribution in [0.3, 0.4) is 0 Å². The highest BCUT2D eigenvalue weighted by molar-refractivity contribution is 7.80. The Kier molecular flexibility index (Phi) is 8.24. The first-order valence-electron chi connectivity index (χ1n) is 10.4. The van der Waals surface area contributed by atoms with E-state index in [4.69, 9.17) is 28.6 Å². The Bertz CT molecular complexity index is 996. The zero-order valence-electron chi connectivity index (χ0n) is 17.8. The summed E-state index contributed by atoms with van der Waals surface area (Å²) >= 11 is 11.7. The van der Waals surface area contributed by atoms with Gasteiger partial charge in [0.25, 0.3) is 11.6 Å². The third-order valence-corrected chi connectivity index (χ3v) is 5.80. The maximum absolute atomic E-state index is 12.6. The number of hydrogen-bond acceptors (Lipinski definition) is 6. The van der Waals surface area contributed by atoms with Crippen LogP contribution in [0.4, 0.5) is 11.4 Å². The number of piperazine rings is 1. The second kappa shape index (κ2) is 11.1. The maximum atomic E-state index is 12.6. The number of ether oxygens (including phenoxy) is 1. The quantitative estimate of drug-likeness (QED) is 0.276. The maximum Gasteiger partial charge on any atom is 0.271 e. The number of nitrogens with zero attached hydrogens (tertiary/aromatic N) is 3. The Morgan fingerprint density at radius 1 is 1.22 bits per heavy atom. The lowest BCUT2D eigenvalue weighted by atomic mass is 10.2. The molecule has 10 heteroatoms. The molecule has 1 fully saturated rings. The summed E-state index contributed by atoms with van der Waals surface area (Å²) in [6.45, 7) is 5.12. The lowest BCUT2D eigenvalue weighted by Gasteiger charge is -2.37. The molecule has 1 aliphatic heterocycles. The number of nitro groups is 1. The molecular formula is C22H25ClN4O4S. The molecular weight excluding hydrogens is 452 g/mol. The summed E-state index contributed by atoms with van der Waals surface area (Å²) in [6, 6.07) is 11.5. The summed E-state index contributed by atoms with van der Waals surface area (Å²) in [5.41, 5.74) is 1.19. The molecule has 32 heavy (non-hydrogen) atoms. The van der Waals surface area contributed by atoms with E-state index in [9.17, 15) is 14.9 Å². The van der Waals surface area contributed by atoms with Crippen LogP contribution in [0.2, 0.25) is 5.02 Å². The van der Waals surface area contributed by atoms with E-state index in [2.05, 4.69) is 12.2 Å². The van der Waals surface area contributed by atoms with Gasteiger partial charge in [-0.3, -0.25) is 20.2 Å². The number of hydrogen-bond donors (Lipinski definition) is 1. The van der Waals surface area contributed by atoms with Crippen molar-refractivity contribution in [2.45, 2.75) is 19.8 Å². The number of anilines is 1. The van der Waals surface area contributed by atoms with Crippen molar-refractivity contribution in [3.05, 3.63) is 63.2 Å². The van der Waals surface area contributed by atoms with Gasteiger partial charge in [-0.25, -0.2) is 0 Å². The number of rotatable bonds is 7. The molecule has 0 aromatic heterocycles. The van der Waals surface area contributed by atoms with Crippen molar-refractivity contribution in [1.29, 1.82) is 0 Å².